The van der Waals surface area contributed by atoms with E-state index < -0.39 is 11.4 Å². The van der Waals surface area contributed by atoms with E-state index in [0.717, 1.165) is 11.3 Å². The van der Waals surface area contributed by atoms with Crippen LogP contribution in [0.4, 0.5) is 0 Å². The summed E-state index contributed by atoms with van der Waals surface area (Å²) in [5, 5.41) is 9.43. The molecule has 0 bridgehead atoms. The van der Waals surface area contributed by atoms with Gasteiger partial charge in [-0.15, -0.1) is 0 Å². The first-order chi connectivity index (χ1) is 9.53. The summed E-state index contributed by atoms with van der Waals surface area (Å²) < 4.78 is 10.1. The fourth-order valence-corrected chi connectivity index (χ4v) is 2.01. The third-order valence-electron chi connectivity index (χ3n) is 3.14. The van der Waals surface area contributed by atoms with Crippen LogP contribution in [-0.2, 0) is 9.53 Å². The molecule has 106 valence electrons. The molecule has 20 heavy (non-hydrogen) atoms. The van der Waals surface area contributed by atoms with Crippen molar-refractivity contribution in [1.82, 2.24) is 0 Å². The number of ether oxygens (including phenoxy) is 2. The number of nitriles is 1. The molecule has 1 atom stereocenters. The Kier molecular flexibility index (Phi) is 5.33. The topological polar surface area (TPSA) is 59.3 Å². The predicted octanol–water partition coefficient (Wildman–Crippen LogP) is 3.19. The highest BCUT2D eigenvalue weighted by Crippen LogP contribution is 2.36. The molecule has 1 aromatic carbocycles. The standard InChI is InChI=1S/C16H19NO3/c1-5-14(12-7-9-13(19-4)10-8-12)16(3,11-17)15(18)20-6-2/h5,7-10H,6H2,1-4H3/b14-5+. The summed E-state index contributed by atoms with van der Waals surface area (Å²) in [5.41, 5.74) is 0.103. The average Bonchev–Trinajstić information content (AvgIpc) is 2.48. The zero-order valence-corrected chi connectivity index (χ0v) is 12.3. The normalized spacial score (nSPS) is 14.1. The van der Waals surface area contributed by atoms with Gasteiger partial charge >= 0.3 is 5.97 Å². The van der Waals surface area contributed by atoms with Gasteiger partial charge in [-0.3, -0.25) is 0 Å². The Morgan fingerprint density at radius 2 is 2.00 bits per heavy atom. The van der Waals surface area contributed by atoms with Crippen LogP contribution < -0.4 is 4.74 Å². The minimum Gasteiger partial charge on any atom is -0.497 e. The van der Waals surface area contributed by atoms with Crippen molar-refractivity contribution in [1.29, 1.82) is 5.26 Å². The van der Waals surface area contributed by atoms with Gasteiger partial charge in [0.05, 0.1) is 19.8 Å². The number of methoxy groups -OCH3 is 1. The molecule has 0 aliphatic heterocycles. The van der Waals surface area contributed by atoms with E-state index in [1.807, 2.05) is 12.1 Å². The van der Waals surface area contributed by atoms with E-state index in [0.29, 0.717) is 5.57 Å². The van der Waals surface area contributed by atoms with Gasteiger partial charge in [0.15, 0.2) is 5.41 Å². The van der Waals surface area contributed by atoms with Crippen LogP contribution >= 0.6 is 0 Å². The SMILES string of the molecule is C/C=C(\c1ccc(OC)cc1)C(C)(C#N)C(=O)OCC. The second-order valence-corrected chi connectivity index (χ2v) is 4.39. The Bertz CT molecular complexity index is 540. The van der Waals surface area contributed by atoms with E-state index in [1.54, 1.807) is 46.1 Å². The maximum atomic E-state index is 12.1. The quantitative estimate of drug-likeness (QED) is 0.773. The monoisotopic (exact) mass is 273 g/mol. The molecule has 0 saturated carbocycles. The van der Waals surface area contributed by atoms with Crippen LogP contribution in [0.3, 0.4) is 0 Å². The lowest BCUT2D eigenvalue weighted by molar-refractivity contribution is -0.148. The van der Waals surface area contributed by atoms with E-state index in [1.165, 1.54) is 0 Å². The van der Waals surface area contributed by atoms with Crippen molar-refractivity contribution in [2.75, 3.05) is 13.7 Å². The van der Waals surface area contributed by atoms with Crippen molar-refractivity contribution in [3.8, 4) is 11.8 Å². The van der Waals surface area contributed by atoms with E-state index in [9.17, 15) is 10.1 Å². The van der Waals surface area contributed by atoms with E-state index in [-0.39, 0.29) is 6.61 Å². The van der Waals surface area contributed by atoms with Crippen molar-refractivity contribution in [3.05, 3.63) is 35.9 Å². The smallest absolute Gasteiger partial charge is 0.330 e. The van der Waals surface area contributed by atoms with Crippen LogP contribution in [0.1, 0.15) is 26.3 Å². The zero-order chi connectivity index (χ0) is 15.2. The summed E-state index contributed by atoms with van der Waals surface area (Å²) in [7, 11) is 1.59. The highest BCUT2D eigenvalue weighted by atomic mass is 16.5. The van der Waals surface area contributed by atoms with Crippen molar-refractivity contribution in [2.24, 2.45) is 5.41 Å². The molecule has 0 radical (unpaired) electrons. The molecule has 0 N–H and O–H groups in total. The third-order valence-corrected chi connectivity index (χ3v) is 3.14. The van der Waals surface area contributed by atoms with Crippen LogP contribution in [0, 0.1) is 16.7 Å². The summed E-state index contributed by atoms with van der Waals surface area (Å²) in [4.78, 5) is 12.1. The number of allylic oxidation sites excluding steroid dienone is 1. The van der Waals surface area contributed by atoms with Crippen LogP contribution in [0.5, 0.6) is 5.75 Å². The Labute approximate surface area is 119 Å². The third kappa shape index (κ3) is 3.00. The molecule has 0 aliphatic carbocycles. The number of nitrogens with zero attached hydrogens (tertiary/aromatic N) is 1. The number of benzene rings is 1. The van der Waals surface area contributed by atoms with Gasteiger partial charge < -0.3 is 9.47 Å². The molecule has 0 heterocycles. The van der Waals surface area contributed by atoms with E-state index in [4.69, 9.17) is 9.47 Å². The van der Waals surface area contributed by atoms with Gasteiger partial charge in [-0.05, 0) is 44.0 Å². The summed E-state index contributed by atoms with van der Waals surface area (Å²) in [6.07, 6.45) is 1.77. The molecule has 0 fully saturated rings. The van der Waals surface area contributed by atoms with Crippen molar-refractivity contribution in [2.45, 2.75) is 20.8 Å². The van der Waals surface area contributed by atoms with Crippen LogP contribution in [0.25, 0.3) is 5.57 Å². The number of esters is 1. The molecule has 0 aliphatic rings. The van der Waals surface area contributed by atoms with Crippen LogP contribution in [0.2, 0.25) is 0 Å². The second-order valence-electron chi connectivity index (χ2n) is 4.39. The van der Waals surface area contributed by atoms with Gasteiger partial charge in [-0.2, -0.15) is 5.26 Å². The highest BCUT2D eigenvalue weighted by molar-refractivity contribution is 5.95. The van der Waals surface area contributed by atoms with Crippen molar-refractivity contribution in [3.63, 3.8) is 0 Å². The molecule has 1 rings (SSSR count). The minimum absolute atomic E-state index is 0.246. The fraction of sp³-hybridized carbons (Fsp3) is 0.375. The molecule has 1 aromatic rings. The maximum absolute atomic E-state index is 12.1. The molecular weight excluding hydrogens is 254 g/mol. The molecule has 0 saturated heterocycles. The zero-order valence-electron chi connectivity index (χ0n) is 12.3. The minimum atomic E-state index is -1.32. The number of hydrogen-bond acceptors (Lipinski definition) is 4. The number of carbonyl (C=O) groups excluding carboxylic acids is 1. The Morgan fingerprint density at radius 1 is 1.40 bits per heavy atom. The first-order valence-electron chi connectivity index (χ1n) is 6.43. The van der Waals surface area contributed by atoms with Gasteiger partial charge in [-0.1, -0.05) is 18.2 Å². The van der Waals surface area contributed by atoms with Gasteiger partial charge in [0.25, 0.3) is 0 Å². The highest BCUT2D eigenvalue weighted by Gasteiger charge is 2.39. The molecular formula is C16H19NO3. The van der Waals surface area contributed by atoms with Crippen LogP contribution in [-0.4, -0.2) is 19.7 Å². The lowest BCUT2D eigenvalue weighted by atomic mass is 9.79. The van der Waals surface area contributed by atoms with E-state index in [2.05, 4.69) is 6.07 Å². The molecule has 4 heteroatoms. The summed E-state index contributed by atoms with van der Waals surface area (Å²) in [6, 6.07) is 9.30. The predicted molar refractivity (Wildman–Crippen MR) is 77.0 cm³/mol. The Balaban J connectivity index is 3.22. The van der Waals surface area contributed by atoms with Gasteiger partial charge in [-0.25, -0.2) is 4.79 Å². The van der Waals surface area contributed by atoms with Gasteiger partial charge in [0.2, 0.25) is 0 Å². The number of rotatable bonds is 5. The summed E-state index contributed by atoms with van der Waals surface area (Å²) in [6.45, 7) is 5.34. The first-order valence-corrected chi connectivity index (χ1v) is 6.43. The number of carbonyl (C=O) groups is 1. The molecule has 0 spiro atoms. The first kappa shape index (κ1) is 15.8. The van der Waals surface area contributed by atoms with Crippen molar-refractivity contribution >= 4 is 11.5 Å². The maximum Gasteiger partial charge on any atom is 0.330 e. The molecule has 0 aromatic heterocycles. The summed E-state index contributed by atoms with van der Waals surface area (Å²) >= 11 is 0. The summed E-state index contributed by atoms with van der Waals surface area (Å²) in [5.74, 6) is 0.186. The van der Waals surface area contributed by atoms with Crippen LogP contribution in [0.15, 0.2) is 30.3 Å². The Hall–Kier alpha value is -2.28. The molecule has 4 nitrogen and oxygen atoms in total. The largest absolute Gasteiger partial charge is 0.497 e. The lowest BCUT2D eigenvalue weighted by Gasteiger charge is -2.23. The average molecular weight is 273 g/mol. The molecule has 0 amide bonds. The van der Waals surface area contributed by atoms with Crippen molar-refractivity contribution < 1.29 is 14.3 Å². The second kappa shape index (κ2) is 6.76. The Morgan fingerprint density at radius 3 is 2.40 bits per heavy atom. The van der Waals surface area contributed by atoms with Gasteiger partial charge in [0, 0.05) is 0 Å². The van der Waals surface area contributed by atoms with E-state index >= 15 is 0 Å². The fourth-order valence-electron chi connectivity index (χ4n) is 2.01. The number of hydrogen-bond donors (Lipinski definition) is 0. The molecule has 1 unspecified atom stereocenters. The van der Waals surface area contributed by atoms with Gasteiger partial charge in [0.1, 0.15) is 5.75 Å². The lowest BCUT2D eigenvalue weighted by Crippen LogP contribution is -2.29.